The number of amides is 3. The van der Waals surface area contributed by atoms with Crippen molar-refractivity contribution in [1.29, 1.82) is 5.26 Å². The van der Waals surface area contributed by atoms with Crippen LogP contribution in [0.5, 0.6) is 17.2 Å². The number of anilines is 1. The molecule has 3 amide bonds. The van der Waals surface area contributed by atoms with E-state index in [4.69, 9.17) is 14.2 Å². The third-order valence-electron chi connectivity index (χ3n) is 5.76. The summed E-state index contributed by atoms with van der Waals surface area (Å²) in [5, 5.41) is 11.5. The van der Waals surface area contributed by atoms with Crippen LogP contribution in [-0.2, 0) is 16.2 Å². The van der Waals surface area contributed by atoms with E-state index < -0.39 is 23.6 Å². The first kappa shape index (κ1) is 30.0. The van der Waals surface area contributed by atoms with Crippen molar-refractivity contribution in [2.45, 2.75) is 20.5 Å². The molecule has 1 fully saturated rings. The summed E-state index contributed by atoms with van der Waals surface area (Å²) in [6.07, 6.45) is 1.59. The number of carbonyl (C=O) groups is 3. The van der Waals surface area contributed by atoms with Gasteiger partial charge in [0.2, 0.25) is 5.91 Å². The van der Waals surface area contributed by atoms with Gasteiger partial charge in [-0.15, -0.1) is 0 Å². The van der Waals surface area contributed by atoms with Crippen LogP contribution < -0.4 is 19.5 Å². The Balaban J connectivity index is 1.47. The molecule has 1 saturated heterocycles. The minimum atomic E-state index is -0.553. The smallest absolute Gasteiger partial charge is 0.294 e. The number of hydrogen-bond donors (Lipinski definition) is 1. The molecule has 0 spiro atoms. The van der Waals surface area contributed by atoms with Gasteiger partial charge in [-0.05, 0) is 102 Å². The summed E-state index contributed by atoms with van der Waals surface area (Å²) in [6.45, 7) is 4.40. The first-order valence-electron chi connectivity index (χ1n) is 12.7. The second kappa shape index (κ2) is 14.0. The van der Waals surface area contributed by atoms with Gasteiger partial charge in [0.05, 0.1) is 33.3 Å². The SMILES string of the molecule is CCOc1ccc(NC(=O)CN2C(=O)S/C(=C/c3cc(I)c(OCc4ccccc4C#N)c(OCC)c3)C2=O)cc1. The highest BCUT2D eigenvalue weighted by Gasteiger charge is 2.36. The Morgan fingerprint density at radius 2 is 1.78 bits per heavy atom. The summed E-state index contributed by atoms with van der Waals surface area (Å²) in [4.78, 5) is 39.3. The number of nitriles is 1. The molecule has 1 aliphatic rings. The first-order chi connectivity index (χ1) is 19.8. The Bertz CT molecular complexity index is 1530. The van der Waals surface area contributed by atoms with Crippen molar-refractivity contribution in [3.8, 4) is 23.3 Å². The number of nitrogens with zero attached hydrogens (tertiary/aromatic N) is 2. The summed E-state index contributed by atoms with van der Waals surface area (Å²) in [5.41, 5.74) is 2.43. The van der Waals surface area contributed by atoms with Gasteiger partial charge in [0.1, 0.15) is 18.9 Å². The van der Waals surface area contributed by atoms with E-state index >= 15 is 0 Å². The lowest BCUT2D eigenvalue weighted by Crippen LogP contribution is -2.36. The molecule has 3 aromatic rings. The van der Waals surface area contributed by atoms with E-state index in [1.54, 1.807) is 54.6 Å². The van der Waals surface area contributed by atoms with Crippen molar-refractivity contribution in [2.75, 3.05) is 25.1 Å². The summed E-state index contributed by atoms with van der Waals surface area (Å²) in [5.74, 6) is 0.603. The number of carbonyl (C=O) groups excluding carboxylic acids is 3. The van der Waals surface area contributed by atoms with Crippen molar-refractivity contribution >= 4 is 63.2 Å². The van der Waals surface area contributed by atoms with Crippen molar-refractivity contribution < 1.29 is 28.6 Å². The lowest BCUT2D eigenvalue weighted by atomic mass is 10.1. The zero-order chi connectivity index (χ0) is 29.4. The van der Waals surface area contributed by atoms with E-state index in [2.05, 4.69) is 34.0 Å². The topological polar surface area (TPSA) is 118 Å². The molecule has 0 aromatic heterocycles. The molecule has 9 nitrogen and oxygen atoms in total. The second-order valence-corrected chi connectivity index (χ2v) is 10.7. The average Bonchev–Trinajstić information content (AvgIpc) is 3.21. The summed E-state index contributed by atoms with van der Waals surface area (Å²) in [7, 11) is 0. The molecule has 0 aliphatic carbocycles. The number of benzene rings is 3. The van der Waals surface area contributed by atoms with Crippen LogP contribution in [-0.4, -0.2) is 41.7 Å². The van der Waals surface area contributed by atoms with Crippen molar-refractivity contribution in [1.82, 2.24) is 4.90 Å². The van der Waals surface area contributed by atoms with Gasteiger partial charge in [0, 0.05) is 11.3 Å². The maximum atomic E-state index is 13.0. The Morgan fingerprint density at radius 3 is 2.49 bits per heavy atom. The van der Waals surface area contributed by atoms with Gasteiger partial charge in [0.25, 0.3) is 11.1 Å². The van der Waals surface area contributed by atoms with Gasteiger partial charge in [-0.2, -0.15) is 5.26 Å². The zero-order valence-electron chi connectivity index (χ0n) is 22.3. The largest absolute Gasteiger partial charge is 0.494 e. The summed E-state index contributed by atoms with van der Waals surface area (Å²) >= 11 is 2.89. The van der Waals surface area contributed by atoms with Crippen LogP contribution in [0.3, 0.4) is 0 Å². The van der Waals surface area contributed by atoms with E-state index in [-0.39, 0.29) is 11.5 Å². The number of halogens is 1. The van der Waals surface area contributed by atoms with Gasteiger partial charge in [-0.1, -0.05) is 18.2 Å². The lowest BCUT2D eigenvalue weighted by Gasteiger charge is -2.15. The standard InChI is InChI=1S/C30H26IN3O6S/c1-3-38-23-11-9-22(10-12-23)33-27(35)17-34-29(36)26(41-30(34)37)15-19-13-24(31)28(25(14-19)39-4-2)40-18-21-8-6-5-7-20(21)16-32/h5-15H,3-4,17-18H2,1-2H3,(H,33,35)/b26-15+. The third-order valence-corrected chi connectivity index (χ3v) is 7.47. The van der Waals surface area contributed by atoms with Gasteiger partial charge in [-0.3, -0.25) is 19.3 Å². The van der Waals surface area contributed by atoms with Crippen LogP contribution >= 0.6 is 34.4 Å². The lowest BCUT2D eigenvalue weighted by molar-refractivity contribution is -0.127. The van der Waals surface area contributed by atoms with E-state index in [1.165, 1.54) is 0 Å². The van der Waals surface area contributed by atoms with E-state index in [1.807, 2.05) is 26.0 Å². The maximum Gasteiger partial charge on any atom is 0.294 e. The molecule has 0 atom stereocenters. The van der Waals surface area contributed by atoms with Gasteiger partial charge >= 0.3 is 0 Å². The number of thioether (sulfide) groups is 1. The number of nitrogens with one attached hydrogen (secondary N) is 1. The van der Waals surface area contributed by atoms with Crippen molar-refractivity contribution in [3.63, 3.8) is 0 Å². The maximum absolute atomic E-state index is 13.0. The van der Waals surface area contributed by atoms with Crippen molar-refractivity contribution in [2.24, 2.45) is 0 Å². The Labute approximate surface area is 255 Å². The molecule has 1 heterocycles. The molecule has 11 heteroatoms. The highest BCUT2D eigenvalue weighted by molar-refractivity contribution is 14.1. The number of hydrogen-bond acceptors (Lipinski definition) is 8. The van der Waals surface area contributed by atoms with Gasteiger partial charge < -0.3 is 19.5 Å². The fourth-order valence-electron chi connectivity index (χ4n) is 3.91. The van der Waals surface area contributed by atoms with Crippen LogP contribution in [0.1, 0.15) is 30.5 Å². The molecular formula is C30H26IN3O6S. The van der Waals surface area contributed by atoms with Gasteiger partial charge in [-0.25, -0.2) is 0 Å². The minimum absolute atomic E-state index is 0.177. The molecule has 0 radical (unpaired) electrons. The fraction of sp³-hybridized carbons (Fsp3) is 0.200. The van der Waals surface area contributed by atoms with E-state index in [0.717, 1.165) is 25.8 Å². The molecule has 0 saturated carbocycles. The molecule has 0 bridgehead atoms. The van der Waals surface area contributed by atoms with E-state index in [9.17, 15) is 19.6 Å². The Morgan fingerprint density at radius 1 is 1.05 bits per heavy atom. The van der Waals surface area contributed by atoms with E-state index in [0.29, 0.717) is 47.3 Å². The Hall–Kier alpha value is -4.02. The molecular weight excluding hydrogens is 657 g/mol. The molecule has 4 rings (SSSR count). The summed E-state index contributed by atoms with van der Waals surface area (Å²) < 4.78 is 18.0. The van der Waals surface area contributed by atoms with Crippen LogP contribution in [0.15, 0.2) is 65.6 Å². The predicted molar refractivity (Wildman–Crippen MR) is 165 cm³/mol. The highest BCUT2D eigenvalue weighted by Crippen LogP contribution is 2.38. The van der Waals surface area contributed by atoms with Crippen LogP contribution in [0.2, 0.25) is 0 Å². The normalized spacial score (nSPS) is 13.7. The zero-order valence-corrected chi connectivity index (χ0v) is 25.3. The monoisotopic (exact) mass is 683 g/mol. The number of ether oxygens (including phenoxy) is 3. The predicted octanol–water partition coefficient (Wildman–Crippen LogP) is 6.21. The summed E-state index contributed by atoms with van der Waals surface area (Å²) in [6, 6.07) is 19.7. The van der Waals surface area contributed by atoms with Gasteiger partial charge in [0.15, 0.2) is 11.5 Å². The Kier molecular flexibility index (Phi) is 10.3. The highest BCUT2D eigenvalue weighted by atomic mass is 127. The minimum Gasteiger partial charge on any atom is -0.494 e. The second-order valence-electron chi connectivity index (χ2n) is 8.59. The molecule has 1 N–H and O–H groups in total. The number of imide groups is 1. The van der Waals surface area contributed by atoms with Crippen LogP contribution in [0.4, 0.5) is 10.5 Å². The molecule has 0 unspecified atom stereocenters. The molecule has 210 valence electrons. The average molecular weight is 684 g/mol. The molecule has 1 aliphatic heterocycles. The quantitative estimate of drug-likeness (QED) is 0.187. The van der Waals surface area contributed by atoms with Crippen LogP contribution in [0.25, 0.3) is 6.08 Å². The van der Waals surface area contributed by atoms with Crippen molar-refractivity contribution in [3.05, 3.63) is 85.8 Å². The number of rotatable bonds is 11. The first-order valence-corrected chi connectivity index (χ1v) is 14.6. The van der Waals surface area contributed by atoms with Crippen LogP contribution in [0, 0.1) is 14.9 Å². The third kappa shape index (κ3) is 7.59. The molecule has 3 aromatic carbocycles. The molecule has 41 heavy (non-hydrogen) atoms. The fourth-order valence-corrected chi connectivity index (χ4v) is 5.53.